The van der Waals surface area contributed by atoms with Crippen molar-refractivity contribution in [1.82, 2.24) is 4.98 Å². The predicted molar refractivity (Wildman–Crippen MR) is 123 cm³/mol. The molecule has 3 nitrogen and oxygen atoms in total. The fourth-order valence-corrected chi connectivity index (χ4v) is 3.72. The zero-order valence-electron chi connectivity index (χ0n) is 18.5. The number of hydrogen-bond acceptors (Lipinski definition) is 3. The van der Waals surface area contributed by atoms with Crippen molar-refractivity contribution in [2.24, 2.45) is 0 Å². The molecule has 0 unspecified atom stereocenters. The van der Waals surface area contributed by atoms with Crippen LogP contribution in [0.25, 0.3) is 22.0 Å². The van der Waals surface area contributed by atoms with Gasteiger partial charge in [-0.25, -0.2) is 8.78 Å². The zero-order valence-corrected chi connectivity index (χ0v) is 18.5. The summed E-state index contributed by atoms with van der Waals surface area (Å²) < 4.78 is 63.3. The second-order valence-corrected chi connectivity index (χ2v) is 7.85. The Morgan fingerprint density at radius 1 is 0.912 bits per heavy atom. The van der Waals surface area contributed by atoms with E-state index in [1.54, 1.807) is 18.3 Å². The molecule has 4 rings (SSSR count). The van der Waals surface area contributed by atoms with Crippen LogP contribution < -0.4 is 9.47 Å². The van der Waals surface area contributed by atoms with Crippen LogP contribution in [0.2, 0.25) is 0 Å². The van der Waals surface area contributed by atoms with Gasteiger partial charge in [-0.05, 0) is 66.1 Å². The maximum atomic E-state index is 15.2. The Hall–Kier alpha value is -3.61. The Balaban J connectivity index is 1.49. The number of rotatable bonds is 9. The second kappa shape index (κ2) is 10.5. The molecule has 176 valence electrons. The van der Waals surface area contributed by atoms with Gasteiger partial charge in [-0.2, -0.15) is 8.78 Å². The van der Waals surface area contributed by atoms with Gasteiger partial charge in [0.25, 0.3) is 0 Å². The number of nitrogens with zero attached hydrogens (tertiary/aromatic N) is 1. The van der Waals surface area contributed by atoms with Gasteiger partial charge in [0.15, 0.2) is 11.6 Å². The topological polar surface area (TPSA) is 31.4 Å². The Labute approximate surface area is 195 Å². The van der Waals surface area contributed by atoms with Crippen molar-refractivity contribution < 1.29 is 27.0 Å². The second-order valence-electron chi connectivity index (χ2n) is 7.85. The summed E-state index contributed by atoms with van der Waals surface area (Å²) in [6.07, 6.45) is 3.27. The number of fused-ring (bicyclic) bond motifs is 1. The summed E-state index contributed by atoms with van der Waals surface area (Å²) in [6, 6.07) is 16.5. The van der Waals surface area contributed by atoms with Crippen LogP contribution in [-0.4, -0.2) is 18.2 Å². The molecule has 1 aromatic heterocycles. The van der Waals surface area contributed by atoms with Crippen molar-refractivity contribution in [1.29, 1.82) is 0 Å². The normalized spacial score (nSPS) is 11.2. The molecule has 0 amide bonds. The summed E-state index contributed by atoms with van der Waals surface area (Å²) in [5.74, 6) is -1.01. The predicted octanol–water partition coefficient (Wildman–Crippen LogP) is 7.36. The average Bonchev–Trinajstić information content (AvgIpc) is 2.84. The van der Waals surface area contributed by atoms with E-state index in [1.165, 1.54) is 6.07 Å². The first kappa shape index (κ1) is 23.5. The quantitative estimate of drug-likeness (QED) is 0.240. The number of hydrogen-bond donors (Lipinski definition) is 0. The van der Waals surface area contributed by atoms with E-state index in [1.807, 2.05) is 37.3 Å². The number of ether oxygens (including phenoxy) is 2. The highest BCUT2D eigenvalue weighted by Crippen LogP contribution is 2.28. The van der Waals surface area contributed by atoms with Gasteiger partial charge in [-0.1, -0.05) is 37.3 Å². The molecule has 0 aliphatic heterocycles. The summed E-state index contributed by atoms with van der Waals surface area (Å²) in [5, 5.41) is 1.22. The van der Waals surface area contributed by atoms with Gasteiger partial charge >= 0.3 is 6.61 Å². The van der Waals surface area contributed by atoms with E-state index >= 15 is 4.39 Å². The van der Waals surface area contributed by atoms with E-state index in [0.717, 1.165) is 35.2 Å². The minimum Gasteiger partial charge on any atom is -0.492 e. The van der Waals surface area contributed by atoms with Crippen LogP contribution in [0, 0.1) is 11.6 Å². The van der Waals surface area contributed by atoms with Gasteiger partial charge in [0.1, 0.15) is 11.6 Å². The van der Waals surface area contributed by atoms with Crippen LogP contribution in [0.15, 0.2) is 66.9 Å². The number of alkyl halides is 2. The van der Waals surface area contributed by atoms with Crippen molar-refractivity contribution in [3.8, 4) is 22.8 Å². The lowest BCUT2D eigenvalue weighted by Gasteiger charge is -2.10. The number of halogens is 4. The van der Waals surface area contributed by atoms with Gasteiger partial charge in [-0.3, -0.25) is 4.98 Å². The monoisotopic (exact) mass is 469 g/mol. The lowest BCUT2D eigenvalue weighted by molar-refractivity contribution is -0.0522. The molecule has 7 heteroatoms. The van der Waals surface area contributed by atoms with E-state index in [-0.39, 0.29) is 5.82 Å². The Morgan fingerprint density at radius 2 is 1.76 bits per heavy atom. The molecule has 4 aromatic rings. The summed E-state index contributed by atoms with van der Waals surface area (Å²) in [7, 11) is 0. The third-order valence-electron chi connectivity index (χ3n) is 5.43. The largest absolute Gasteiger partial charge is 0.492 e. The molecular weight excluding hydrogens is 446 g/mol. The standard InChI is InChI=1S/C27H23F4NO2/c1-2-13-33-21-9-11-24(32-16-21)20-8-10-22-19(15-20)7-6-18(26(22)29)5-3-17-4-12-25(23(28)14-17)34-27(30)31/h4,6-12,14-16,27H,2-3,5,13H2,1H3. The molecule has 0 spiro atoms. The highest BCUT2D eigenvalue weighted by molar-refractivity contribution is 5.88. The first-order valence-electron chi connectivity index (χ1n) is 11.0. The van der Waals surface area contributed by atoms with Gasteiger partial charge in [0.2, 0.25) is 0 Å². The highest BCUT2D eigenvalue weighted by atomic mass is 19.3. The van der Waals surface area contributed by atoms with Crippen LogP contribution in [0.4, 0.5) is 17.6 Å². The molecule has 0 atom stereocenters. The first-order valence-corrected chi connectivity index (χ1v) is 11.0. The lowest BCUT2D eigenvalue weighted by atomic mass is 9.98. The Bertz CT molecular complexity index is 1280. The summed E-state index contributed by atoms with van der Waals surface area (Å²) in [4.78, 5) is 4.44. The molecule has 0 saturated carbocycles. The Kier molecular flexibility index (Phi) is 7.30. The van der Waals surface area contributed by atoms with Crippen molar-refractivity contribution >= 4 is 10.8 Å². The third-order valence-corrected chi connectivity index (χ3v) is 5.43. The highest BCUT2D eigenvalue weighted by Gasteiger charge is 2.12. The van der Waals surface area contributed by atoms with Crippen molar-refractivity contribution in [2.45, 2.75) is 32.8 Å². The molecule has 0 bridgehead atoms. The lowest BCUT2D eigenvalue weighted by Crippen LogP contribution is -2.04. The molecule has 0 aliphatic rings. The molecule has 3 aromatic carbocycles. The maximum absolute atomic E-state index is 15.2. The molecule has 0 N–H and O–H groups in total. The first-order chi connectivity index (χ1) is 16.4. The van der Waals surface area contributed by atoms with Crippen molar-refractivity contribution in [2.75, 3.05) is 6.61 Å². The molecular formula is C27H23F4NO2. The minimum absolute atomic E-state index is 0.332. The molecule has 0 fully saturated rings. The zero-order chi connectivity index (χ0) is 24.1. The fraction of sp³-hybridized carbons (Fsp3) is 0.222. The molecule has 0 aliphatic carbocycles. The number of aromatic nitrogens is 1. The molecule has 0 radical (unpaired) electrons. The molecule has 1 heterocycles. The molecule has 0 saturated heterocycles. The van der Waals surface area contributed by atoms with Crippen molar-refractivity contribution in [3.63, 3.8) is 0 Å². The number of benzene rings is 3. The Morgan fingerprint density at radius 3 is 2.47 bits per heavy atom. The van der Waals surface area contributed by atoms with E-state index in [2.05, 4.69) is 9.72 Å². The number of pyridine rings is 1. The van der Waals surface area contributed by atoms with E-state index < -0.39 is 18.2 Å². The van der Waals surface area contributed by atoms with Crippen molar-refractivity contribution in [3.05, 3.63) is 89.6 Å². The van der Waals surface area contributed by atoms with E-state index in [9.17, 15) is 13.2 Å². The number of aryl methyl sites for hydroxylation is 2. The van der Waals surface area contributed by atoms with Gasteiger partial charge in [0, 0.05) is 10.9 Å². The SMILES string of the molecule is CCCOc1ccc(-c2ccc3c(F)c(CCc4ccc(OC(F)F)c(F)c4)ccc3c2)nc1. The molecule has 34 heavy (non-hydrogen) atoms. The van der Waals surface area contributed by atoms with Gasteiger partial charge in [-0.15, -0.1) is 0 Å². The summed E-state index contributed by atoms with van der Waals surface area (Å²) in [5.41, 5.74) is 2.68. The van der Waals surface area contributed by atoms with Crippen LogP contribution in [-0.2, 0) is 12.8 Å². The smallest absolute Gasteiger partial charge is 0.387 e. The van der Waals surface area contributed by atoms with Crippen LogP contribution in [0.3, 0.4) is 0 Å². The minimum atomic E-state index is -3.09. The fourth-order valence-electron chi connectivity index (χ4n) is 3.72. The van der Waals surface area contributed by atoms with Gasteiger partial charge in [0.05, 0.1) is 18.5 Å². The van der Waals surface area contributed by atoms with E-state index in [4.69, 9.17) is 4.74 Å². The third kappa shape index (κ3) is 5.47. The van der Waals surface area contributed by atoms with Crippen LogP contribution >= 0.6 is 0 Å². The summed E-state index contributed by atoms with van der Waals surface area (Å²) in [6.45, 7) is -0.429. The van der Waals surface area contributed by atoms with Gasteiger partial charge < -0.3 is 9.47 Å². The maximum Gasteiger partial charge on any atom is 0.387 e. The van der Waals surface area contributed by atoms with Crippen LogP contribution in [0.1, 0.15) is 24.5 Å². The average molecular weight is 469 g/mol. The van der Waals surface area contributed by atoms with E-state index in [0.29, 0.717) is 41.7 Å². The van der Waals surface area contributed by atoms with Crippen LogP contribution in [0.5, 0.6) is 11.5 Å². The summed E-state index contributed by atoms with van der Waals surface area (Å²) >= 11 is 0.